The molecular weight excluding hydrogens is 265 g/mol. The molecule has 0 heterocycles. The Morgan fingerprint density at radius 2 is 2.05 bits per heavy atom. The zero-order valence-electron chi connectivity index (χ0n) is 13.5. The van der Waals surface area contributed by atoms with Crippen LogP contribution in [0.25, 0.3) is 0 Å². The number of methoxy groups -OCH3 is 1. The van der Waals surface area contributed by atoms with Crippen LogP contribution < -0.4 is 5.32 Å². The van der Waals surface area contributed by atoms with Crippen LogP contribution in [0.5, 0.6) is 0 Å². The van der Waals surface area contributed by atoms with E-state index in [0.717, 1.165) is 31.4 Å². The molecule has 0 bridgehead atoms. The van der Waals surface area contributed by atoms with Crippen LogP contribution in [0.2, 0.25) is 0 Å². The van der Waals surface area contributed by atoms with Crippen molar-refractivity contribution in [1.29, 1.82) is 0 Å². The number of nitrogens with one attached hydrogen (secondary N) is 1. The van der Waals surface area contributed by atoms with Crippen molar-refractivity contribution in [3.8, 4) is 0 Å². The molecule has 0 aliphatic heterocycles. The van der Waals surface area contributed by atoms with Crippen LogP contribution in [-0.4, -0.2) is 25.3 Å². The van der Waals surface area contributed by atoms with Gasteiger partial charge in [-0.3, -0.25) is 0 Å². The van der Waals surface area contributed by atoms with Crippen LogP contribution in [-0.2, 0) is 11.2 Å². The van der Waals surface area contributed by atoms with E-state index in [-0.39, 0.29) is 11.4 Å². The topological polar surface area (TPSA) is 21.3 Å². The van der Waals surface area contributed by atoms with E-state index in [2.05, 4.69) is 19.2 Å². The summed E-state index contributed by atoms with van der Waals surface area (Å²) in [5, 5.41) is 3.59. The molecule has 1 aliphatic rings. The Morgan fingerprint density at radius 3 is 2.67 bits per heavy atom. The summed E-state index contributed by atoms with van der Waals surface area (Å²) in [6.07, 6.45) is 5.42. The van der Waals surface area contributed by atoms with Gasteiger partial charge in [-0.1, -0.05) is 18.2 Å². The van der Waals surface area contributed by atoms with Crippen molar-refractivity contribution >= 4 is 0 Å². The molecule has 1 fully saturated rings. The van der Waals surface area contributed by atoms with Crippen LogP contribution in [0.4, 0.5) is 4.39 Å². The minimum Gasteiger partial charge on any atom is -0.379 e. The average Bonchev–Trinajstić information content (AvgIpc) is 3.28. The van der Waals surface area contributed by atoms with Crippen LogP contribution in [0.3, 0.4) is 0 Å². The maximum absolute atomic E-state index is 13.9. The molecule has 21 heavy (non-hydrogen) atoms. The van der Waals surface area contributed by atoms with Crippen molar-refractivity contribution in [2.75, 3.05) is 13.7 Å². The van der Waals surface area contributed by atoms with E-state index in [9.17, 15) is 4.39 Å². The molecule has 1 unspecified atom stereocenters. The maximum Gasteiger partial charge on any atom is 0.126 e. The minimum absolute atomic E-state index is 0.0834. The third kappa shape index (κ3) is 5.76. The second kappa shape index (κ2) is 7.37. The fourth-order valence-corrected chi connectivity index (χ4v) is 2.53. The number of rotatable bonds is 9. The van der Waals surface area contributed by atoms with E-state index in [0.29, 0.717) is 12.0 Å². The summed E-state index contributed by atoms with van der Waals surface area (Å²) < 4.78 is 19.4. The number of ether oxygens (including phenoxy) is 1. The lowest BCUT2D eigenvalue weighted by Gasteiger charge is -2.26. The summed E-state index contributed by atoms with van der Waals surface area (Å²) in [6.45, 7) is 5.20. The first-order chi connectivity index (χ1) is 10.00. The molecule has 1 aliphatic carbocycles. The molecule has 1 atom stereocenters. The third-order valence-electron chi connectivity index (χ3n) is 4.45. The Hall–Kier alpha value is -0.930. The number of halogens is 1. The van der Waals surface area contributed by atoms with Gasteiger partial charge in [-0.05, 0) is 70.0 Å². The van der Waals surface area contributed by atoms with Gasteiger partial charge in [0.15, 0.2) is 0 Å². The van der Waals surface area contributed by atoms with Gasteiger partial charge in [0.1, 0.15) is 5.82 Å². The minimum atomic E-state index is -0.104. The molecule has 0 spiro atoms. The quantitative estimate of drug-likeness (QED) is 0.744. The zero-order valence-corrected chi connectivity index (χ0v) is 13.5. The van der Waals surface area contributed by atoms with Crippen LogP contribution in [0.1, 0.15) is 45.1 Å². The standard InChI is InChI=1S/C18H28FNO/c1-18(2,21-3)11-10-14(13-20-16-8-9-16)12-15-6-4-5-7-17(15)19/h4-7,14,16,20H,8-13H2,1-3H3. The molecule has 118 valence electrons. The average molecular weight is 293 g/mol. The summed E-state index contributed by atoms with van der Waals surface area (Å²) in [4.78, 5) is 0. The summed E-state index contributed by atoms with van der Waals surface area (Å²) in [5.41, 5.74) is 0.725. The van der Waals surface area contributed by atoms with Crippen LogP contribution >= 0.6 is 0 Å². The van der Waals surface area contributed by atoms with Crippen molar-refractivity contribution in [1.82, 2.24) is 5.32 Å². The Morgan fingerprint density at radius 1 is 1.33 bits per heavy atom. The normalized spacial score (nSPS) is 17.0. The van der Waals surface area contributed by atoms with Gasteiger partial charge in [0.05, 0.1) is 5.60 Å². The molecule has 2 rings (SSSR count). The van der Waals surface area contributed by atoms with Crippen LogP contribution in [0.15, 0.2) is 24.3 Å². The third-order valence-corrected chi connectivity index (χ3v) is 4.45. The van der Waals surface area contributed by atoms with Gasteiger partial charge in [0, 0.05) is 13.2 Å². The smallest absolute Gasteiger partial charge is 0.126 e. The predicted octanol–water partition coefficient (Wildman–Crippen LogP) is 3.94. The lowest BCUT2D eigenvalue weighted by atomic mass is 9.90. The highest BCUT2D eigenvalue weighted by atomic mass is 19.1. The van der Waals surface area contributed by atoms with Gasteiger partial charge in [-0.25, -0.2) is 4.39 Å². The zero-order chi connectivity index (χ0) is 15.3. The Kier molecular flexibility index (Phi) is 5.77. The molecule has 1 aromatic rings. The van der Waals surface area contributed by atoms with Gasteiger partial charge in [-0.2, -0.15) is 0 Å². The molecule has 3 heteroatoms. The molecule has 0 saturated heterocycles. The first-order valence-corrected chi connectivity index (χ1v) is 8.02. The van der Waals surface area contributed by atoms with E-state index < -0.39 is 0 Å². The summed E-state index contributed by atoms with van der Waals surface area (Å²) >= 11 is 0. The van der Waals surface area contributed by atoms with Gasteiger partial charge in [0.25, 0.3) is 0 Å². The summed E-state index contributed by atoms with van der Waals surface area (Å²) in [7, 11) is 1.76. The number of hydrogen-bond donors (Lipinski definition) is 1. The van der Waals surface area contributed by atoms with Gasteiger partial charge < -0.3 is 10.1 Å². The predicted molar refractivity (Wildman–Crippen MR) is 84.9 cm³/mol. The fraction of sp³-hybridized carbons (Fsp3) is 0.667. The van der Waals surface area contributed by atoms with Gasteiger partial charge in [0.2, 0.25) is 0 Å². The molecule has 0 radical (unpaired) electrons. The SMILES string of the molecule is COC(C)(C)CCC(CNC1CC1)Cc1ccccc1F. The van der Waals surface area contributed by atoms with Crippen molar-refractivity contribution in [2.45, 2.75) is 57.6 Å². The largest absolute Gasteiger partial charge is 0.379 e. The molecular formula is C18H28FNO. The fourth-order valence-electron chi connectivity index (χ4n) is 2.53. The van der Waals surface area contributed by atoms with Crippen molar-refractivity contribution in [2.24, 2.45) is 5.92 Å². The van der Waals surface area contributed by atoms with Gasteiger partial charge >= 0.3 is 0 Å². The lowest BCUT2D eigenvalue weighted by Crippen LogP contribution is -2.29. The molecule has 1 aromatic carbocycles. The van der Waals surface area contributed by atoms with Gasteiger partial charge in [-0.15, -0.1) is 0 Å². The first kappa shape index (κ1) is 16.4. The number of hydrogen-bond acceptors (Lipinski definition) is 2. The Labute approximate surface area is 128 Å². The first-order valence-electron chi connectivity index (χ1n) is 8.02. The lowest BCUT2D eigenvalue weighted by molar-refractivity contribution is 0.0103. The van der Waals surface area contributed by atoms with E-state index in [1.807, 2.05) is 12.1 Å². The molecule has 1 N–H and O–H groups in total. The molecule has 0 aromatic heterocycles. The highest BCUT2D eigenvalue weighted by molar-refractivity contribution is 5.18. The molecule has 2 nitrogen and oxygen atoms in total. The molecule has 0 amide bonds. The molecule has 1 saturated carbocycles. The number of benzene rings is 1. The second-order valence-corrected chi connectivity index (χ2v) is 6.85. The summed E-state index contributed by atoms with van der Waals surface area (Å²) in [5.74, 6) is 0.372. The second-order valence-electron chi connectivity index (χ2n) is 6.85. The highest BCUT2D eigenvalue weighted by Crippen LogP contribution is 2.24. The Balaban J connectivity index is 1.92. The van der Waals surface area contributed by atoms with Crippen LogP contribution in [0, 0.1) is 11.7 Å². The van der Waals surface area contributed by atoms with Crippen molar-refractivity contribution in [3.63, 3.8) is 0 Å². The van der Waals surface area contributed by atoms with E-state index in [4.69, 9.17) is 4.74 Å². The van der Waals surface area contributed by atoms with E-state index in [1.54, 1.807) is 19.2 Å². The van der Waals surface area contributed by atoms with Crippen molar-refractivity contribution < 1.29 is 9.13 Å². The monoisotopic (exact) mass is 293 g/mol. The summed E-state index contributed by atoms with van der Waals surface area (Å²) in [6, 6.07) is 7.83. The maximum atomic E-state index is 13.9. The Bertz CT molecular complexity index is 443. The van der Waals surface area contributed by atoms with Crippen molar-refractivity contribution in [3.05, 3.63) is 35.6 Å². The van der Waals surface area contributed by atoms with E-state index in [1.165, 1.54) is 12.8 Å². The van der Waals surface area contributed by atoms with E-state index >= 15 is 0 Å². The highest BCUT2D eigenvalue weighted by Gasteiger charge is 2.24.